The van der Waals surface area contributed by atoms with Gasteiger partial charge in [0.1, 0.15) is 0 Å². The maximum absolute atomic E-state index is 12.4. The molecule has 0 radical (unpaired) electrons. The van der Waals surface area contributed by atoms with Crippen LogP contribution in [-0.2, 0) is 26.9 Å². The second-order valence-corrected chi connectivity index (χ2v) is 11.2. The minimum absolute atomic E-state index is 0.00148. The lowest BCUT2D eigenvalue weighted by atomic mass is 10.3. The molecule has 0 amide bonds. The molecule has 0 bridgehead atoms. The third kappa shape index (κ3) is 2.86. The number of aryl methyl sites for hydroxylation is 1. The van der Waals surface area contributed by atoms with E-state index in [0.717, 1.165) is 0 Å². The molecule has 1 aromatic rings. The zero-order valence-corrected chi connectivity index (χ0v) is 14.3. The molecule has 0 aromatic carbocycles. The van der Waals surface area contributed by atoms with E-state index in [0.29, 0.717) is 6.42 Å². The smallest absolute Gasteiger partial charge is 0.262 e. The predicted octanol–water partition coefficient (Wildman–Crippen LogP) is 0.396. The minimum atomic E-state index is -3.72. The van der Waals surface area contributed by atoms with Crippen molar-refractivity contribution in [2.24, 2.45) is 7.05 Å². The van der Waals surface area contributed by atoms with E-state index in [-0.39, 0.29) is 18.1 Å². The second kappa shape index (κ2) is 5.06. The van der Waals surface area contributed by atoms with E-state index in [4.69, 9.17) is 0 Å². The van der Waals surface area contributed by atoms with E-state index in [1.807, 2.05) is 0 Å². The van der Waals surface area contributed by atoms with Crippen LogP contribution in [0.1, 0.15) is 27.2 Å². The van der Waals surface area contributed by atoms with Crippen LogP contribution in [0.25, 0.3) is 0 Å². The van der Waals surface area contributed by atoms with Crippen LogP contribution in [0.15, 0.2) is 17.6 Å². The number of hydrogen-bond donors (Lipinski definition) is 0. The summed E-state index contributed by atoms with van der Waals surface area (Å²) in [6.07, 6.45) is 3.15. The molecule has 0 N–H and O–H groups in total. The van der Waals surface area contributed by atoms with Crippen LogP contribution in [-0.4, -0.2) is 53.8 Å². The molecule has 1 aromatic heterocycles. The number of sulfonamides is 1. The summed E-state index contributed by atoms with van der Waals surface area (Å²) < 4.78 is 51.6. The number of imidazole rings is 1. The average molecular weight is 335 g/mol. The molecule has 0 saturated carbocycles. The van der Waals surface area contributed by atoms with Gasteiger partial charge in [-0.15, -0.1) is 0 Å². The van der Waals surface area contributed by atoms with E-state index in [9.17, 15) is 16.8 Å². The standard InChI is InChI=1S/C12H21N3O4S2/c1-12(2,3)20(16,17)10-5-6-15(7-10)21(18,19)11-8-14(4)9-13-11/h8-10H,5-7H2,1-4H3/t10-/m1/s1. The summed E-state index contributed by atoms with van der Waals surface area (Å²) in [7, 11) is -5.41. The first kappa shape index (κ1) is 16.4. The summed E-state index contributed by atoms with van der Waals surface area (Å²) in [5, 5.41) is -0.699. The first-order valence-electron chi connectivity index (χ1n) is 6.68. The quantitative estimate of drug-likeness (QED) is 0.797. The van der Waals surface area contributed by atoms with Crippen LogP contribution < -0.4 is 0 Å². The Kier molecular flexibility index (Phi) is 3.96. The lowest BCUT2D eigenvalue weighted by Crippen LogP contribution is -2.39. The van der Waals surface area contributed by atoms with Crippen LogP contribution in [0, 0.1) is 0 Å². The molecule has 1 fully saturated rings. The Hall–Kier alpha value is -0.930. The molecular formula is C12H21N3O4S2. The molecule has 2 rings (SSSR count). The van der Waals surface area contributed by atoms with Crippen LogP contribution in [0.5, 0.6) is 0 Å². The van der Waals surface area contributed by atoms with Gasteiger partial charge in [0.05, 0.1) is 16.3 Å². The lowest BCUT2D eigenvalue weighted by Gasteiger charge is -2.24. The van der Waals surface area contributed by atoms with Gasteiger partial charge in [-0.2, -0.15) is 4.31 Å². The summed E-state index contributed by atoms with van der Waals surface area (Å²) >= 11 is 0. The summed E-state index contributed by atoms with van der Waals surface area (Å²) in [6, 6.07) is 0. The molecule has 1 saturated heterocycles. The van der Waals surface area contributed by atoms with Crippen molar-refractivity contribution in [3.8, 4) is 0 Å². The van der Waals surface area contributed by atoms with Gasteiger partial charge in [0.25, 0.3) is 10.0 Å². The zero-order chi connectivity index (χ0) is 16.1. The van der Waals surface area contributed by atoms with Crippen LogP contribution in [0.4, 0.5) is 0 Å². The normalized spacial score (nSPS) is 21.8. The summed E-state index contributed by atoms with van der Waals surface area (Å²) in [6.45, 7) is 5.12. The van der Waals surface area contributed by atoms with Gasteiger partial charge >= 0.3 is 0 Å². The van der Waals surface area contributed by atoms with Crippen molar-refractivity contribution in [3.05, 3.63) is 12.5 Å². The largest absolute Gasteiger partial charge is 0.339 e. The average Bonchev–Trinajstić information content (AvgIpc) is 2.95. The van der Waals surface area contributed by atoms with Crippen molar-refractivity contribution in [1.29, 1.82) is 0 Å². The van der Waals surface area contributed by atoms with E-state index < -0.39 is 29.9 Å². The maximum Gasteiger partial charge on any atom is 0.262 e. The molecule has 1 aliphatic heterocycles. The molecule has 2 heterocycles. The molecule has 0 aliphatic carbocycles. The van der Waals surface area contributed by atoms with Crippen molar-refractivity contribution >= 4 is 19.9 Å². The van der Waals surface area contributed by atoms with E-state index in [1.54, 1.807) is 32.4 Å². The fourth-order valence-electron chi connectivity index (χ4n) is 2.32. The Morgan fingerprint density at radius 3 is 2.33 bits per heavy atom. The summed E-state index contributed by atoms with van der Waals surface area (Å²) in [5.74, 6) is 0. The van der Waals surface area contributed by atoms with Crippen LogP contribution >= 0.6 is 0 Å². The van der Waals surface area contributed by atoms with E-state index in [2.05, 4.69) is 4.98 Å². The summed E-state index contributed by atoms with van der Waals surface area (Å²) in [4.78, 5) is 3.85. The van der Waals surface area contributed by atoms with Crippen molar-refractivity contribution < 1.29 is 16.8 Å². The third-order valence-corrected chi connectivity index (χ3v) is 8.41. The van der Waals surface area contributed by atoms with Gasteiger partial charge in [0.2, 0.25) is 0 Å². The molecule has 1 atom stereocenters. The number of hydrogen-bond acceptors (Lipinski definition) is 5. The molecule has 0 unspecified atom stereocenters. The monoisotopic (exact) mass is 335 g/mol. The summed E-state index contributed by atoms with van der Waals surface area (Å²) in [5.41, 5.74) is 0. The Balaban J connectivity index is 2.24. The van der Waals surface area contributed by atoms with Gasteiger partial charge < -0.3 is 4.57 Å². The first-order chi connectivity index (χ1) is 9.46. The minimum Gasteiger partial charge on any atom is -0.339 e. The number of nitrogens with zero attached hydrogens (tertiary/aromatic N) is 3. The first-order valence-corrected chi connectivity index (χ1v) is 9.66. The Morgan fingerprint density at radius 1 is 1.24 bits per heavy atom. The van der Waals surface area contributed by atoms with E-state index >= 15 is 0 Å². The third-order valence-electron chi connectivity index (χ3n) is 3.69. The predicted molar refractivity (Wildman–Crippen MR) is 79.0 cm³/mol. The molecule has 7 nitrogen and oxygen atoms in total. The van der Waals surface area contributed by atoms with Gasteiger partial charge in [-0.05, 0) is 27.2 Å². The highest BCUT2D eigenvalue weighted by Gasteiger charge is 2.44. The topological polar surface area (TPSA) is 89.3 Å². The van der Waals surface area contributed by atoms with Gasteiger partial charge in [-0.25, -0.2) is 21.8 Å². The number of sulfone groups is 1. The van der Waals surface area contributed by atoms with Crippen molar-refractivity contribution in [1.82, 2.24) is 13.9 Å². The van der Waals surface area contributed by atoms with Crippen molar-refractivity contribution in [2.75, 3.05) is 13.1 Å². The van der Waals surface area contributed by atoms with Gasteiger partial charge in [0.15, 0.2) is 14.9 Å². The van der Waals surface area contributed by atoms with Gasteiger partial charge in [-0.3, -0.25) is 0 Å². The van der Waals surface area contributed by atoms with Gasteiger partial charge in [0, 0.05) is 26.3 Å². The Labute approximate surface area is 125 Å². The fourth-order valence-corrected chi connectivity index (χ4v) is 5.68. The zero-order valence-electron chi connectivity index (χ0n) is 12.6. The molecule has 1 aliphatic rings. The SMILES string of the molecule is Cn1cnc(S(=O)(=O)N2CC[C@@H](S(=O)(=O)C(C)(C)C)C2)c1. The molecule has 21 heavy (non-hydrogen) atoms. The van der Waals surface area contributed by atoms with Crippen molar-refractivity contribution in [3.63, 3.8) is 0 Å². The molecular weight excluding hydrogens is 314 g/mol. The fraction of sp³-hybridized carbons (Fsp3) is 0.750. The number of rotatable bonds is 3. The Morgan fingerprint density at radius 2 is 1.86 bits per heavy atom. The highest BCUT2D eigenvalue weighted by atomic mass is 32.2. The van der Waals surface area contributed by atoms with Crippen LogP contribution in [0.2, 0.25) is 0 Å². The van der Waals surface area contributed by atoms with E-state index in [1.165, 1.54) is 16.8 Å². The molecule has 9 heteroatoms. The highest BCUT2D eigenvalue weighted by molar-refractivity contribution is 7.93. The second-order valence-electron chi connectivity index (χ2n) is 6.31. The molecule has 0 spiro atoms. The highest BCUT2D eigenvalue weighted by Crippen LogP contribution is 2.29. The Bertz CT molecular complexity index is 729. The van der Waals surface area contributed by atoms with Gasteiger partial charge in [-0.1, -0.05) is 0 Å². The van der Waals surface area contributed by atoms with Crippen LogP contribution in [0.3, 0.4) is 0 Å². The lowest BCUT2D eigenvalue weighted by molar-refractivity contribution is 0.472. The van der Waals surface area contributed by atoms with Crippen molar-refractivity contribution in [2.45, 2.75) is 42.2 Å². The molecule has 120 valence electrons. The maximum atomic E-state index is 12.4. The number of aromatic nitrogens is 2.